The van der Waals surface area contributed by atoms with Crippen LogP contribution in [0.4, 0.5) is 4.79 Å². The van der Waals surface area contributed by atoms with Crippen LogP contribution in [0.2, 0.25) is 0 Å². The van der Waals surface area contributed by atoms with Crippen molar-refractivity contribution >= 4 is 17.8 Å². The summed E-state index contributed by atoms with van der Waals surface area (Å²) in [6, 6.07) is 17.3. The number of amides is 4. The van der Waals surface area contributed by atoms with E-state index < -0.39 is 11.6 Å². The predicted molar refractivity (Wildman–Crippen MR) is 112 cm³/mol. The van der Waals surface area contributed by atoms with Crippen molar-refractivity contribution in [2.45, 2.75) is 45.2 Å². The molecule has 1 aliphatic heterocycles. The summed E-state index contributed by atoms with van der Waals surface area (Å²) in [6.07, 6.45) is 0.993. The van der Waals surface area contributed by atoms with E-state index in [9.17, 15) is 14.4 Å². The van der Waals surface area contributed by atoms with Crippen LogP contribution in [0.15, 0.2) is 54.6 Å². The van der Waals surface area contributed by atoms with Gasteiger partial charge in [0.2, 0.25) is 5.91 Å². The molecule has 4 amide bonds. The maximum atomic E-state index is 12.6. The lowest BCUT2D eigenvalue weighted by atomic mass is 9.93. The van der Waals surface area contributed by atoms with Crippen molar-refractivity contribution in [1.82, 2.24) is 15.5 Å². The molecule has 6 nitrogen and oxygen atoms in total. The van der Waals surface area contributed by atoms with Crippen LogP contribution in [0.1, 0.15) is 45.2 Å². The number of benzene rings is 2. The Hall–Kier alpha value is -3.15. The largest absolute Gasteiger partial charge is 0.348 e. The maximum Gasteiger partial charge on any atom is 0.325 e. The Morgan fingerprint density at radius 1 is 1.00 bits per heavy atom. The van der Waals surface area contributed by atoms with E-state index in [2.05, 4.69) is 10.6 Å². The lowest BCUT2D eigenvalue weighted by Crippen LogP contribution is -2.46. The van der Waals surface area contributed by atoms with E-state index in [1.807, 2.05) is 75.4 Å². The van der Waals surface area contributed by atoms with Crippen LogP contribution in [0.5, 0.6) is 0 Å². The van der Waals surface area contributed by atoms with E-state index in [1.54, 1.807) is 0 Å². The van der Waals surface area contributed by atoms with Gasteiger partial charge in [-0.1, -0.05) is 68.4 Å². The number of hydrogen-bond donors (Lipinski definition) is 2. The van der Waals surface area contributed by atoms with Gasteiger partial charge in [-0.3, -0.25) is 14.5 Å². The molecule has 2 aromatic carbocycles. The van der Waals surface area contributed by atoms with Crippen LogP contribution in [0, 0.1) is 0 Å². The Labute approximate surface area is 171 Å². The van der Waals surface area contributed by atoms with Crippen LogP contribution < -0.4 is 10.6 Å². The van der Waals surface area contributed by atoms with E-state index in [4.69, 9.17) is 0 Å². The molecule has 29 heavy (non-hydrogen) atoms. The molecule has 0 radical (unpaired) electrons. The molecule has 0 aliphatic carbocycles. The lowest BCUT2D eigenvalue weighted by Gasteiger charge is -2.23. The summed E-state index contributed by atoms with van der Waals surface area (Å²) in [4.78, 5) is 38.3. The molecule has 0 aromatic heterocycles. The van der Waals surface area contributed by atoms with Gasteiger partial charge < -0.3 is 10.6 Å². The van der Waals surface area contributed by atoms with Gasteiger partial charge >= 0.3 is 6.03 Å². The van der Waals surface area contributed by atoms with Gasteiger partial charge in [0.15, 0.2) is 0 Å². The average molecular weight is 393 g/mol. The molecule has 2 aromatic rings. The smallest absolute Gasteiger partial charge is 0.325 e. The third kappa shape index (κ3) is 4.16. The average Bonchev–Trinajstić information content (AvgIpc) is 2.99. The van der Waals surface area contributed by atoms with Crippen LogP contribution in [-0.4, -0.2) is 34.8 Å². The normalized spacial score (nSPS) is 16.4. The van der Waals surface area contributed by atoms with Crippen molar-refractivity contribution < 1.29 is 14.4 Å². The SMILES string of the molecule is CCC1(CC)NC(=O)N(CC(=O)NC(C)c2ccc(-c3ccccc3)cc2)C1=O. The van der Waals surface area contributed by atoms with E-state index in [1.165, 1.54) is 0 Å². The number of imide groups is 1. The fourth-order valence-corrected chi connectivity index (χ4v) is 3.66. The number of rotatable bonds is 7. The monoisotopic (exact) mass is 393 g/mol. The topological polar surface area (TPSA) is 78.5 Å². The Morgan fingerprint density at radius 2 is 1.59 bits per heavy atom. The highest BCUT2D eigenvalue weighted by molar-refractivity contribution is 6.09. The van der Waals surface area contributed by atoms with Gasteiger partial charge in [0.1, 0.15) is 12.1 Å². The molecule has 1 unspecified atom stereocenters. The van der Waals surface area contributed by atoms with E-state index in [-0.39, 0.29) is 24.4 Å². The third-order valence-electron chi connectivity index (χ3n) is 5.65. The maximum absolute atomic E-state index is 12.6. The summed E-state index contributed by atoms with van der Waals surface area (Å²) < 4.78 is 0. The zero-order valence-electron chi connectivity index (χ0n) is 17.1. The quantitative estimate of drug-likeness (QED) is 0.705. The molecular weight excluding hydrogens is 366 g/mol. The van der Waals surface area contributed by atoms with Gasteiger partial charge in [-0.15, -0.1) is 0 Å². The number of carbonyl (C=O) groups is 3. The first kappa shape index (κ1) is 20.6. The fourth-order valence-electron chi connectivity index (χ4n) is 3.66. The van der Waals surface area contributed by atoms with Gasteiger partial charge in [-0.2, -0.15) is 0 Å². The minimum atomic E-state index is -0.893. The molecule has 1 saturated heterocycles. The molecule has 1 aliphatic rings. The summed E-state index contributed by atoms with van der Waals surface area (Å²) in [7, 11) is 0. The van der Waals surface area contributed by atoms with Gasteiger partial charge in [0.25, 0.3) is 5.91 Å². The standard InChI is InChI=1S/C23H27N3O3/c1-4-23(5-2)21(28)26(22(29)25-23)15-20(27)24-16(3)17-11-13-19(14-12-17)18-9-7-6-8-10-18/h6-14,16H,4-5,15H2,1-3H3,(H,24,27)(H,25,29). The van der Waals surface area contributed by atoms with Gasteiger partial charge in [0, 0.05) is 0 Å². The predicted octanol–water partition coefficient (Wildman–Crippen LogP) is 3.64. The fraction of sp³-hybridized carbons (Fsp3) is 0.348. The first-order chi connectivity index (χ1) is 13.9. The second-order valence-electron chi connectivity index (χ2n) is 7.39. The van der Waals surface area contributed by atoms with Crippen molar-refractivity contribution in [3.8, 4) is 11.1 Å². The third-order valence-corrected chi connectivity index (χ3v) is 5.65. The Bertz CT molecular complexity index is 889. The van der Waals surface area contributed by atoms with Crippen LogP contribution in [-0.2, 0) is 9.59 Å². The van der Waals surface area contributed by atoms with E-state index >= 15 is 0 Å². The molecule has 0 bridgehead atoms. The van der Waals surface area contributed by atoms with Crippen molar-refractivity contribution in [2.24, 2.45) is 0 Å². The Kier molecular flexibility index (Phi) is 6.01. The molecule has 2 N–H and O–H groups in total. The highest BCUT2D eigenvalue weighted by Crippen LogP contribution is 2.25. The highest BCUT2D eigenvalue weighted by Gasteiger charge is 2.49. The van der Waals surface area contributed by atoms with Crippen LogP contribution in [0.25, 0.3) is 11.1 Å². The molecular formula is C23H27N3O3. The van der Waals surface area contributed by atoms with Crippen molar-refractivity contribution in [3.05, 3.63) is 60.2 Å². The number of nitrogens with zero attached hydrogens (tertiary/aromatic N) is 1. The van der Waals surface area contributed by atoms with Crippen molar-refractivity contribution in [2.75, 3.05) is 6.54 Å². The van der Waals surface area contributed by atoms with E-state index in [0.29, 0.717) is 12.8 Å². The molecule has 1 fully saturated rings. The second-order valence-corrected chi connectivity index (χ2v) is 7.39. The molecule has 1 atom stereocenters. The first-order valence-corrected chi connectivity index (χ1v) is 9.99. The summed E-state index contributed by atoms with van der Waals surface area (Å²) >= 11 is 0. The zero-order valence-corrected chi connectivity index (χ0v) is 17.1. The summed E-state index contributed by atoms with van der Waals surface area (Å²) in [5, 5.41) is 5.61. The first-order valence-electron chi connectivity index (χ1n) is 9.99. The van der Waals surface area contributed by atoms with Crippen molar-refractivity contribution in [1.29, 1.82) is 0 Å². The van der Waals surface area contributed by atoms with Crippen LogP contribution >= 0.6 is 0 Å². The number of hydrogen-bond acceptors (Lipinski definition) is 3. The molecule has 3 rings (SSSR count). The second kappa shape index (κ2) is 8.47. The molecule has 0 saturated carbocycles. The molecule has 152 valence electrons. The highest BCUT2D eigenvalue weighted by atomic mass is 16.2. The lowest BCUT2D eigenvalue weighted by molar-refractivity contribution is -0.135. The molecule has 0 spiro atoms. The number of carbonyl (C=O) groups excluding carboxylic acids is 3. The zero-order chi connectivity index (χ0) is 21.0. The summed E-state index contributed by atoms with van der Waals surface area (Å²) in [6.45, 7) is 5.31. The van der Waals surface area contributed by atoms with Gasteiger partial charge in [-0.05, 0) is 36.5 Å². The summed E-state index contributed by atoms with van der Waals surface area (Å²) in [5.74, 6) is -0.696. The minimum absolute atomic E-state index is 0.241. The molecule has 6 heteroatoms. The summed E-state index contributed by atoms with van der Waals surface area (Å²) in [5.41, 5.74) is 2.29. The number of urea groups is 1. The van der Waals surface area contributed by atoms with Crippen LogP contribution in [0.3, 0.4) is 0 Å². The molecule has 1 heterocycles. The van der Waals surface area contributed by atoms with Gasteiger partial charge in [0.05, 0.1) is 6.04 Å². The number of nitrogens with one attached hydrogen (secondary N) is 2. The Morgan fingerprint density at radius 3 is 2.14 bits per heavy atom. The minimum Gasteiger partial charge on any atom is -0.348 e. The van der Waals surface area contributed by atoms with E-state index in [0.717, 1.165) is 21.6 Å². The van der Waals surface area contributed by atoms with Gasteiger partial charge in [-0.25, -0.2) is 4.79 Å². The van der Waals surface area contributed by atoms with Crippen molar-refractivity contribution in [3.63, 3.8) is 0 Å². The Balaban J connectivity index is 1.62.